The van der Waals surface area contributed by atoms with Crippen molar-refractivity contribution in [3.05, 3.63) is 58.8 Å². The molecule has 2 atom stereocenters. The Balaban J connectivity index is 1.65. The summed E-state index contributed by atoms with van der Waals surface area (Å²) in [6.07, 6.45) is 9.43. The third-order valence-corrected chi connectivity index (χ3v) is 8.54. The van der Waals surface area contributed by atoms with E-state index in [0.29, 0.717) is 5.69 Å². The maximum absolute atomic E-state index is 13.9. The predicted molar refractivity (Wildman–Crippen MR) is 122 cm³/mol. The topological polar surface area (TPSA) is 65.2 Å². The summed E-state index contributed by atoms with van der Waals surface area (Å²) in [5.41, 5.74) is 4.10. The van der Waals surface area contributed by atoms with Gasteiger partial charge in [-0.05, 0) is 69.5 Å². The van der Waals surface area contributed by atoms with E-state index in [-0.39, 0.29) is 17.7 Å². The Morgan fingerprint density at radius 3 is 2.60 bits per heavy atom. The number of allylic oxidation sites excluding steroid dienone is 2. The van der Waals surface area contributed by atoms with E-state index in [9.17, 15) is 9.59 Å². The van der Waals surface area contributed by atoms with Gasteiger partial charge in [-0.25, -0.2) is 0 Å². The average Bonchev–Trinajstić information content (AvgIpc) is 3.16. The van der Waals surface area contributed by atoms with Gasteiger partial charge in [0, 0.05) is 16.8 Å². The van der Waals surface area contributed by atoms with E-state index in [2.05, 4.69) is 58.3 Å². The molecular weight excluding hydrogens is 442 g/mol. The molecule has 1 aromatic heterocycles. The monoisotopic (exact) mass is 467 g/mol. The van der Waals surface area contributed by atoms with Gasteiger partial charge >= 0.3 is 0 Å². The standard InChI is InChI=1S/C24H26BrN3O2/c1-14-7-8-17-16(3)20(27-19(17)15(14)2)21(29)28-22(30)23(10-12-26-13-11-23)18-6-4-5-9-24(18,28)25/h4-9,18,26-27H,10-13H2,1-3H3. The molecule has 2 amide bonds. The highest BCUT2D eigenvalue weighted by molar-refractivity contribution is 9.10. The second kappa shape index (κ2) is 6.66. The number of amides is 2. The van der Waals surface area contributed by atoms with Gasteiger partial charge in [-0.1, -0.05) is 46.3 Å². The van der Waals surface area contributed by atoms with Gasteiger partial charge in [-0.15, -0.1) is 0 Å². The maximum Gasteiger partial charge on any atom is 0.278 e. The summed E-state index contributed by atoms with van der Waals surface area (Å²) < 4.78 is -0.831. The highest BCUT2D eigenvalue weighted by atomic mass is 79.9. The molecule has 1 aliphatic carbocycles. The Hall–Kier alpha value is -2.18. The van der Waals surface area contributed by atoms with E-state index >= 15 is 0 Å². The zero-order valence-corrected chi connectivity index (χ0v) is 19.1. The lowest BCUT2D eigenvalue weighted by molar-refractivity contribution is -0.136. The van der Waals surface area contributed by atoms with Crippen molar-refractivity contribution in [1.29, 1.82) is 0 Å². The Morgan fingerprint density at radius 2 is 1.87 bits per heavy atom. The first-order valence-corrected chi connectivity index (χ1v) is 11.3. The van der Waals surface area contributed by atoms with Gasteiger partial charge in [0.05, 0.1) is 5.41 Å². The summed E-state index contributed by atoms with van der Waals surface area (Å²) in [7, 11) is 0. The van der Waals surface area contributed by atoms with Gasteiger partial charge < -0.3 is 10.3 Å². The van der Waals surface area contributed by atoms with Crippen LogP contribution in [0.4, 0.5) is 0 Å². The summed E-state index contributed by atoms with van der Waals surface area (Å²) in [5.74, 6) is -0.414. The summed E-state index contributed by atoms with van der Waals surface area (Å²) in [5, 5.41) is 4.39. The molecule has 0 saturated carbocycles. The number of halogens is 1. The number of likely N-dealkylation sites (tertiary alicyclic amines) is 1. The molecule has 156 valence electrons. The van der Waals surface area contributed by atoms with Gasteiger partial charge in [0.25, 0.3) is 5.91 Å². The molecule has 2 aromatic rings. The maximum atomic E-state index is 13.9. The number of aryl methyl sites for hydroxylation is 3. The van der Waals surface area contributed by atoms with Crippen LogP contribution in [0.25, 0.3) is 10.9 Å². The first-order chi connectivity index (χ1) is 14.3. The number of rotatable bonds is 1. The lowest BCUT2D eigenvalue weighted by Crippen LogP contribution is -2.47. The van der Waals surface area contributed by atoms with Crippen LogP contribution in [0, 0.1) is 32.1 Å². The van der Waals surface area contributed by atoms with E-state index in [0.717, 1.165) is 48.0 Å². The molecule has 1 aromatic carbocycles. The smallest absolute Gasteiger partial charge is 0.278 e. The van der Waals surface area contributed by atoms with Gasteiger partial charge in [0.2, 0.25) is 5.91 Å². The first-order valence-electron chi connectivity index (χ1n) is 10.5. The Labute approximate surface area is 184 Å². The minimum Gasteiger partial charge on any atom is -0.350 e. The number of carbonyl (C=O) groups is 2. The van der Waals surface area contributed by atoms with Crippen molar-refractivity contribution in [2.75, 3.05) is 13.1 Å². The Kier molecular flexibility index (Phi) is 4.39. The van der Waals surface area contributed by atoms with Gasteiger partial charge in [-0.2, -0.15) is 0 Å². The molecule has 0 radical (unpaired) electrons. The van der Waals surface area contributed by atoms with Crippen LogP contribution >= 0.6 is 15.9 Å². The van der Waals surface area contributed by atoms with Crippen molar-refractivity contribution in [1.82, 2.24) is 15.2 Å². The molecule has 30 heavy (non-hydrogen) atoms. The second-order valence-electron chi connectivity index (χ2n) is 8.86. The summed E-state index contributed by atoms with van der Waals surface area (Å²) in [6.45, 7) is 7.65. The SMILES string of the molecule is Cc1ccc2c(C)c(C(=O)N3C(=O)C4(CCNCC4)C4C=CC=CC43Br)[nH]c2c1C. The van der Waals surface area contributed by atoms with Gasteiger partial charge in [-0.3, -0.25) is 14.5 Å². The largest absolute Gasteiger partial charge is 0.350 e. The van der Waals surface area contributed by atoms with Gasteiger partial charge in [0.15, 0.2) is 0 Å². The molecule has 3 aliphatic rings. The van der Waals surface area contributed by atoms with E-state index < -0.39 is 9.86 Å². The van der Waals surface area contributed by atoms with Crippen LogP contribution in [0.1, 0.15) is 40.0 Å². The third-order valence-electron chi connectivity index (χ3n) is 7.43. The summed E-state index contributed by atoms with van der Waals surface area (Å²) in [4.78, 5) is 32.6. The number of hydrogen-bond donors (Lipinski definition) is 2. The zero-order chi connectivity index (χ0) is 21.3. The van der Waals surface area contributed by atoms with Crippen molar-refractivity contribution in [3.63, 3.8) is 0 Å². The van der Waals surface area contributed by atoms with E-state index in [1.165, 1.54) is 10.5 Å². The number of aromatic amines is 1. The number of piperidine rings is 1. The number of nitrogens with zero attached hydrogens (tertiary/aromatic N) is 1. The van der Waals surface area contributed by atoms with Crippen LogP contribution in [0.5, 0.6) is 0 Å². The Morgan fingerprint density at radius 1 is 1.13 bits per heavy atom. The van der Waals surface area contributed by atoms with Crippen molar-refractivity contribution in [3.8, 4) is 0 Å². The number of imide groups is 1. The summed E-state index contributed by atoms with van der Waals surface area (Å²) >= 11 is 3.84. The molecular formula is C24H26BrN3O2. The van der Waals surface area contributed by atoms with Crippen LogP contribution in [0.2, 0.25) is 0 Å². The molecule has 2 fully saturated rings. The molecule has 1 spiro atoms. The van der Waals surface area contributed by atoms with Crippen molar-refractivity contribution < 1.29 is 9.59 Å². The Bertz CT molecular complexity index is 1140. The number of aromatic nitrogens is 1. The molecule has 2 saturated heterocycles. The first kappa shape index (κ1) is 19.8. The van der Waals surface area contributed by atoms with Crippen molar-refractivity contribution >= 4 is 38.6 Å². The minimum absolute atomic E-state index is 0.0713. The molecule has 5 nitrogen and oxygen atoms in total. The molecule has 2 unspecified atom stereocenters. The fourth-order valence-corrected chi connectivity index (χ4v) is 6.58. The number of hydrogen-bond acceptors (Lipinski definition) is 3. The number of H-pyrrole nitrogens is 1. The highest BCUT2D eigenvalue weighted by Gasteiger charge is 2.66. The van der Waals surface area contributed by atoms with Crippen LogP contribution in [0.15, 0.2) is 36.4 Å². The number of alkyl halides is 1. The van der Waals surface area contributed by atoms with Crippen LogP contribution < -0.4 is 5.32 Å². The normalized spacial score (nSPS) is 27.3. The number of nitrogens with one attached hydrogen (secondary N) is 2. The van der Waals surface area contributed by atoms with Crippen molar-refractivity contribution in [2.45, 2.75) is 38.1 Å². The fourth-order valence-electron chi connectivity index (χ4n) is 5.52. The average molecular weight is 468 g/mol. The molecule has 2 aliphatic heterocycles. The summed E-state index contributed by atoms with van der Waals surface area (Å²) in [6, 6.07) is 4.13. The molecule has 2 N–H and O–H groups in total. The number of benzene rings is 1. The minimum atomic E-state index is -0.831. The van der Waals surface area contributed by atoms with E-state index in [4.69, 9.17) is 0 Å². The van der Waals surface area contributed by atoms with E-state index in [1.54, 1.807) is 0 Å². The van der Waals surface area contributed by atoms with E-state index in [1.807, 2.05) is 25.2 Å². The quantitative estimate of drug-likeness (QED) is 0.373. The van der Waals surface area contributed by atoms with Crippen LogP contribution in [-0.2, 0) is 4.79 Å². The van der Waals surface area contributed by atoms with Crippen molar-refractivity contribution in [2.24, 2.45) is 11.3 Å². The number of carbonyl (C=O) groups excluding carboxylic acids is 2. The fraction of sp³-hybridized carbons (Fsp3) is 0.417. The highest BCUT2D eigenvalue weighted by Crippen LogP contribution is 2.58. The van der Waals surface area contributed by atoms with Crippen LogP contribution in [-0.4, -0.2) is 39.2 Å². The molecule has 3 heterocycles. The molecule has 5 rings (SSSR count). The lowest BCUT2D eigenvalue weighted by atomic mass is 9.68. The lowest BCUT2D eigenvalue weighted by Gasteiger charge is -2.38. The number of fused-ring (bicyclic) bond motifs is 3. The molecule has 6 heteroatoms. The van der Waals surface area contributed by atoms with Crippen LogP contribution in [0.3, 0.4) is 0 Å². The zero-order valence-electron chi connectivity index (χ0n) is 17.5. The second-order valence-corrected chi connectivity index (χ2v) is 10.1. The third kappa shape index (κ3) is 2.44. The van der Waals surface area contributed by atoms with Gasteiger partial charge in [0.1, 0.15) is 10.1 Å². The molecule has 0 bridgehead atoms. The predicted octanol–water partition coefficient (Wildman–Crippen LogP) is 4.28.